The second-order valence-corrected chi connectivity index (χ2v) is 4.21. The van der Waals surface area contributed by atoms with Crippen molar-refractivity contribution in [2.45, 2.75) is 45.6 Å². The highest BCUT2D eigenvalue weighted by atomic mass is 16.1. The Morgan fingerprint density at radius 1 is 1.19 bits per heavy atom. The monoisotopic (exact) mass is 219 g/mol. The average molecular weight is 219 g/mol. The predicted molar refractivity (Wildman–Crippen MR) is 67.7 cm³/mol. The lowest BCUT2D eigenvalue weighted by Crippen LogP contribution is -2.30. The van der Waals surface area contributed by atoms with Crippen LogP contribution in [0.4, 0.5) is 0 Å². The first kappa shape index (κ1) is 12.9. The molecule has 0 bridgehead atoms. The summed E-state index contributed by atoms with van der Waals surface area (Å²) < 4.78 is 0. The molecule has 0 aliphatic heterocycles. The molecule has 0 aliphatic rings. The van der Waals surface area contributed by atoms with Gasteiger partial charge in [-0.25, -0.2) is 0 Å². The Bertz CT molecular complexity index is 329. The van der Waals surface area contributed by atoms with Crippen molar-refractivity contribution < 1.29 is 4.79 Å². The molecule has 0 saturated carbocycles. The maximum absolute atomic E-state index is 11.9. The van der Waals surface area contributed by atoms with Gasteiger partial charge in [0.15, 0.2) is 5.78 Å². The molecule has 16 heavy (non-hydrogen) atoms. The van der Waals surface area contributed by atoms with E-state index in [1.54, 1.807) is 0 Å². The third-order valence-corrected chi connectivity index (χ3v) is 2.71. The molecule has 1 aromatic rings. The maximum atomic E-state index is 11.9. The number of benzene rings is 1. The molecule has 88 valence electrons. The van der Waals surface area contributed by atoms with Crippen molar-refractivity contribution in [2.24, 2.45) is 5.73 Å². The zero-order chi connectivity index (χ0) is 12.0. The summed E-state index contributed by atoms with van der Waals surface area (Å²) in [7, 11) is 0. The van der Waals surface area contributed by atoms with Gasteiger partial charge in [-0.1, -0.05) is 51.0 Å². The van der Waals surface area contributed by atoms with Crippen molar-refractivity contribution in [3.05, 3.63) is 35.4 Å². The van der Waals surface area contributed by atoms with E-state index in [1.165, 1.54) is 5.56 Å². The SMILES string of the molecule is CCCc1ccc(C(=O)C(N)CCC)cc1. The van der Waals surface area contributed by atoms with Crippen LogP contribution < -0.4 is 5.73 Å². The Hall–Kier alpha value is -1.15. The summed E-state index contributed by atoms with van der Waals surface area (Å²) in [5, 5.41) is 0. The van der Waals surface area contributed by atoms with Crippen molar-refractivity contribution in [2.75, 3.05) is 0 Å². The first-order valence-corrected chi connectivity index (χ1v) is 6.07. The molecule has 0 spiro atoms. The molecule has 1 unspecified atom stereocenters. The van der Waals surface area contributed by atoms with Crippen LogP contribution in [0.25, 0.3) is 0 Å². The Kier molecular flexibility index (Phi) is 5.20. The number of ketones is 1. The molecule has 0 radical (unpaired) electrons. The molecule has 2 nitrogen and oxygen atoms in total. The summed E-state index contributed by atoms with van der Waals surface area (Å²) in [4.78, 5) is 11.9. The molecule has 0 aromatic heterocycles. The van der Waals surface area contributed by atoms with Gasteiger partial charge in [0.05, 0.1) is 6.04 Å². The second kappa shape index (κ2) is 6.44. The molecule has 0 saturated heterocycles. The van der Waals surface area contributed by atoms with Crippen LogP contribution in [0.2, 0.25) is 0 Å². The summed E-state index contributed by atoms with van der Waals surface area (Å²) in [6.07, 6.45) is 3.90. The minimum atomic E-state index is -0.345. The minimum Gasteiger partial charge on any atom is -0.321 e. The number of nitrogens with two attached hydrogens (primary N) is 1. The first-order valence-electron chi connectivity index (χ1n) is 6.07. The van der Waals surface area contributed by atoms with Crippen LogP contribution in [-0.2, 0) is 6.42 Å². The number of rotatable bonds is 6. The van der Waals surface area contributed by atoms with E-state index < -0.39 is 0 Å². The number of hydrogen-bond donors (Lipinski definition) is 1. The van der Waals surface area contributed by atoms with E-state index in [-0.39, 0.29) is 11.8 Å². The highest BCUT2D eigenvalue weighted by Gasteiger charge is 2.14. The van der Waals surface area contributed by atoms with Gasteiger partial charge in [0, 0.05) is 5.56 Å². The molecule has 1 atom stereocenters. The van der Waals surface area contributed by atoms with Gasteiger partial charge in [-0.05, 0) is 18.4 Å². The van der Waals surface area contributed by atoms with E-state index in [4.69, 9.17) is 5.73 Å². The first-order chi connectivity index (χ1) is 7.69. The van der Waals surface area contributed by atoms with E-state index in [2.05, 4.69) is 6.92 Å². The maximum Gasteiger partial charge on any atom is 0.179 e. The smallest absolute Gasteiger partial charge is 0.179 e. The molecule has 2 N–H and O–H groups in total. The van der Waals surface area contributed by atoms with Gasteiger partial charge in [0.1, 0.15) is 0 Å². The zero-order valence-corrected chi connectivity index (χ0v) is 10.2. The Morgan fingerprint density at radius 3 is 2.31 bits per heavy atom. The summed E-state index contributed by atoms with van der Waals surface area (Å²) >= 11 is 0. The van der Waals surface area contributed by atoms with Gasteiger partial charge in [-0.3, -0.25) is 4.79 Å². The highest BCUT2D eigenvalue weighted by molar-refractivity contribution is 5.99. The molecule has 1 aromatic carbocycles. The van der Waals surface area contributed by atoms with Crippen LogP contribution in [0.5, 0.6) is 0 Å². The van der Waals surface area contributed by atoms with Crippen LogP contribution in [0.15, 0.2) is 24.3 Å². The third-order valence-electron chi connectivity index (χ3n) is 2.71. The Labute approximate surface area is 97.9 Å². The minimum absolute atomic E-state index is 0.0601. The van der Waals surface area contributed by atoms with Crippen molar-refractivity contribution in [3.8, 4) is 0 Å². The fourth-order valence-electron chi connectivity index (χ4n) is 1.78. The summed E-state index contributed by atoms with van der Waals surface area (Å²) in [5.41, 5.74) is 7.82. The molecule has 0 fully saturated rings. The lowest BCUT2D eigenvalue weighted by atomic mass is 9.99. The number of aryl methyl sites for hydroxylation is 1. The van der Waals surface area contributed by atoms with Gasteiger partial charge >= 0.3 is 0 Å². The van der Waals surface area contributed by atoms with Crippen LogP contribution in [0.1, 0.15) is 49.0 Å². The lowest BCUT2D eigenvalue weighted by Gasteiger charge is -2.09. The summed E-state index contributed by atoms with van der Waals surface area (Å²) in [5.74, 6) is 0.0601. The van der Waals surface area contributed by atoms with Gasteiger partial charge in [-0.15, -0.1) is 0 Å². The van der Waals surface area contributed by atoms with Gasteiger partial charge in [0.2, 0.25) is 0 Å². The third kappa shape index (κ3) is 3.46. The van der Waals surface area contributed by atoms with Crippen molar-refractivity contribution in [3.63, 3.8) is 0 Å². The largest absolute Gasteiger partial charge is 0.321 e. The van der Waals surface area contributed by atoms with Crippen LogP contribution in [0.3, 0.4) is 0 Å². The van der Waals surface area contributed by atoms with E-state index >= 15 is 0 Å². The Morgan fingerprint density at radius 2 is 1.81 bits per heavy atom. The standard InChI is InChI=1S/C14H21NO/c1-3-5-11-7-9-12(10-8-11)14(16)13(15)6-4-2/h7-10,13H,3-6,15H2,1-2H3. The lowest BCUT2D eigenvalue weighted by molar-refractivity contribution is 0.0957. The molecule has 0 heterocycles. The highest BCUT2D eigenvalue weighted by Crippen LogP contribution is 2.10. The van der Waals surface area contributed by atoms with E-state index in [9.17, 15) is 4.79 Å². The van der Waals surface area contributed by atoms with Crippen LogP contribution in [-0.4, -0.2) is 11.8 Å². The zero-order valence-electron chi connectivity index (χ0n) is 10.2. The average Bonchev–Trinajstić information content (AvgIpc) is 2.30. The number of carbonyl (C=O) groups is 1. The Balaban J connectivity index is 2.69. The van der Waals surface area contributed by atoms with E-state index in [1.807, 2.05) is 31.2 Å². The number of Topliss-reactive ketones (excluding diaryl/α,β-unsaturated/α-hetero) is 1. The van der Waals surface area contributed by atoms with E-state index in [0.29, 0.717) is 0 Å². The van der Waals surface area contributed by atoms with Crippen molar-refractivity contribution in [1.29, 1.82) is 0 Å². The summed E-state index contributed by atoms with van der Waals surface area (Å²) in [6, 6.07) is 7.48. The predicted octanol–water partition coefficient (Wildman–Crippen LogP) is 2.95. The normalized spacial score (nSPS) is 12.4. The number of carbonyl (C=O) groups excluding carboxylic acids is 1. The molecular weight excluding hydrogens is 198 g/mol. The fourth-order valence-corrected chi connectivity index (χ4v) is 1.78. The molecule has 1 rings (SSSR count). The van der Waals surface area contributed by atoms with Crippen molar-refractivity contribution in [1.82, 2.24) is 0 Å². The molecule has 2 heteroatoms. The topological polar surface area (TPSA) is 43.1 Å². The fraction of sp³-hybridized carbons (Fsp3) is 0.500. The molecular formula is C14H21NO. The van der Waals surface area contributed by atoms with Gasteiger partial charge in [0.25, 0.3) is 0 Å². The summed E-state index contributed by atoms with van der Waals surface area (Å²) in [6.45, 7) is 4.19. The van der Waals surface area contributed by atoms with Gasteiger partial charge < -0.3 is 5.73 Å². The van der Waals surface area contributed by atoms with Gasteiger partial charge in [-0.2, -0.15) is 0 Å². The number of hydrogen-bond acceptors (Lipinski definition) is 2. The quantitative estimate of drug-likeness (QED) is 0.747. The van der Waals surface area contributed by atoms with E-state index in [0.717, 1.165) is 31.2 Å². The second-order valence-electron chi connectivity index (χ2n) is 4.21. The van der Waals surface area contributed by atoms with Crippen molar-refractivity contribution >= 4 is 5.78 Å². The molecule has 0 amide bonds. The molecule has 0 aliphatic carbocycles. The van der Waals surface area contributed by atoms with Crippen LogP contribution >= 0.6 is 0 Å². The van der Waals surface area contributed by atoms with Crippen LogP contribution in [0, 0.1) is 0 Å².